The van der Waals surface area contributed by atoms with Crippen molar-refractivity contribution in [1.82, 2.24) is 4.98 Å². The maximum Gasteiger partial charge on any atom is 0.219 e. The van der Waals surface area contributed by atoms with Gasteiger partial charge in [0.05, 0.1) is 44.8 Å². The maximum atomic E-state index is 6.03. The number of ether oxygens (including phenoxy) is 6. The molecule has 4 aromatic carbocycles. The lowest BCUT2D eigenvalue weighted by molar-refractivity contribution is 0.299. The van der Waals surface area contributed by atoms with Crippen molar-refractivity contribution in [1.29, 1.82) is 0 Å². The number of unbranched alkanes of at least 4 members (excludes halogenated alkanes) is 2. The number of pyridine rings is 1. The molecule has 5 aromatic rings. The Morgan fingerprint density at radius 2 is 0.854 bits per heavy atom. The van der Waals surface area contributed by atoms with Crippen LogP contribution in [-0.4, -0.2) is 43.6 Å². The number of nitrogens with zero attached hydrogens (tertiary/aromatic N) is 1. The van der Waals surface area contributed by atoms with Crippen LogP contribution in [0.15, 0.2) is 115 Å². The number of aromatic nitrogens is 1. The van der Waals surface area contributed by atoms with Gasteiger partial charge < -0.3 is 28.4 Å². The molecule has 2 saturated heterocycles. The summed E-state index contributed by atoms with van der Waals surface area (Å²) < 4.78 is 34.3. The second-order valence-electron chi connectivity index (χ2n) is 12.2. The maximum absolute atomic E-state index is 6.03. The van der Waals surface area contributed by atoms with Crippen molar-refractivity contribution in [3.8, 4) is 56.9 Å². The first-order valence-corrected chi connectivity index (χ1v) is 17.0. The second-order valence-corrected chi connectivity index (χ2v) is 12.2. The monoisotopic (exact) mass is 643 g/mol. The Balaban J connectivity index is 0.845. The highest BCUT2D eigenvalue weighted by Gasteiger charge is 2.21. The Morgan fingerprint density at radius 1 is 0.458 bits per heavy atom. The molecule has 0 saturated carbocycles. The highest BCUT2D eigenvalue weighted by molar-refractivity contribution is 5.66. The molecule has 2 unspecified atom stereocenters. The van der Waals surface area contributed by atoms with Gasteiger partial charge in [0.2, 0.25) is 5.88 Å². The zero-order valence-corrected chi connectivity index (χ0v) is 27.1. The number of epoxide rings is 2. The summed E-state index contributed by atoms with van der Waals surface area (Å²) in [4.78, 5) is 4.44. The number of hydrogen-bond acceptors (Lipinski definition) is 7. The number of benzene rings is 4. The van der Waals surface area contributed by atoms with Gasteiger partial charge in [0, 0.05) is 6.07 Å². The van der Waals surface area contributed by atoms with Gasteiger partial charge >= 0.3 is 0 Å². The lowest BCUT2D eigenvalue weighted by Gasteiger charge is -2.10. The lowest BCUT2D eigenvalue weighted by Crippen LogP contribution is -1.98. The predicted octanol–water partition coefficient (Wildman–Crippen LogP) is 9.90. The molecule has 2 aliphatic heterocycles. The fourth-order valence-corrected chi connectivity index (χ4v) is 5.46. The van der Waals surface area contributed by atoms with Crippen LogP contribution in [-0.2, 0) is 9.47 Å². The summed E-state index contributed by atoms with van der Waals surface area (Å²) in [7, 11) is 0. The first-order chi connectivity index (χ1) is 23.7. The van der Waals surface area contributed by atoms with Gasteiger partial charge in [0.25, 0.3) is 0 Å². The van der Waals surface area contributed by atoms with Crippen LogP contribution in [0, 0.1) is 0 Å². The Labute approximate surface area is 282 Å². The molecule has 0 N–H and O–H groups in total. The minimum Gasteiger partial charge on any atom is -0.494 e. The Hall–Kier alpha value is -4.85. The van der Waals surface area contributed by atoms with Crippen LogP contribution < -0.4 is 18.9 Å². The number of rotatable bonds is 18. The summed E-state index contributed by atoms with van der Waals surface area (Å²) in [5.74, 6) is 4.37. The molecule has 3 heterocycles. The zero-order chi connectivity index (χ0) is 32.4. The highest BCUT2D eigenvalue weighted by Crippen LogP contribution is 2.30. The van der Waals surface area contributed by atoms with E-state index in [4.69, 9.17) is 28.4 Å². The van der Waals surface area contributed by atoms with E-state index in [1.54, 1.807) is 12.3 Å². The van der Waals surface area contributed by atoms with Crippen molar-refractivity contribution in [2.75, 3.05) is 26.4 Å². The molecule has 7 nitrogen and oxygen atoms in total. The molecule has 7 heteroatoms. The summed E-state index contributed by atoms with van der Waals surface area (Å²) in [6.07, 6.45) is 9.32. The van der Waals surface area contributed by atoms with E-state index in [0.717, 1.165) is 104 Å². The molecule has 0 spiro atoms. The second kappa shape index (κ2) is 15.8. The van der Waals surface area contributed by atoms with E-state index in [1.807, 2.05) is 66.7 Å². The van der Waals surface area contributed by atoms with Crippen molar-refractivity contribution in [3.63, 3.8) is 0 Å². The van der Waals surface area contributed by atoms with Crippen molar-refractivity contribution in [3.05, 3.63) is 115 Å². The van der Waals surface area contributed by atoms with Crippen LogP contribution in [0.25, 0.3) is 22.3 Å². The summed E-state index contributed by atoms with van der Waals surface area (Å²) in [6.45, 7) is 3.32. The van der Waals surface area contributed by atoms with Gasteiger partial charge in [0.15, 0.2) is 0 Å². The number of hydrogen-bond donors (Lipinski definition) is 0. The fraction of sp³-hybridized carbons (Fsp3) is 0.293. The third-order valence-corrected chi connectivity index (χ3v) is 8.43. The van der Waals surface area contributed by atoms with Gasteiger partial charge in [-0.3, -0.25) is 0 Å². The van der Waals surface area contributed by atoms with Crippen LogP contribution in [0.5, 0.6) is 34.6 Å². The van der Waals surface area contributed by atoms with E-state index >= 15 is 0 Å². The lowest BCUT2D eigenvalue weighted by atomic mass is 10.1. The third-order valence-electron chi connectivity index (χ3n) is 8.43. The first kappa shape index (κ1) is 31.7. The summed E-state index contributed by atoms with van der Waals surface area (Å²) in [5, 5.41) is 0. The molecule has 0 radical (unpaired) electrons. The van der Waals surface area contributed by atoms with Gasteiger partial charge in [-0.2, -0.15) is 0 Å². The van der Waals surface area contributed by atoms with Crippen molar-refractivity contribution in [2.24, 2.45) is 0 Å². The zero-order valence-electron chi connectivity index (χ0n) is 27.1. The summed E-state index contributed by atoms with van der Waals surface area (Å²) in [5.41, 5.74) is 4.46. The average Bonchev–Trinajstić information content (AvgIpc) is 4.07. The summed E-state index contributed by atoms with van der Waals surface area (Å²) >= 11 is 0. The van der Waals surface area contributed by atoms with Gasteiger partial charge in [-0.05, 0) is 115 Å². The Kier molecular flexibility index (Phi) is 10.5. The first-order valence-electron chi connectivity index (χ1n) is 17.0. The van der Waals surface area contributed by atoms with E-state index in [0.29, 0.717) is 29.6 Å². The molecule has 1 aromatic heterocycles. The molecular weight excluding hydrogens is 602 g/mol. The van der Waals surface area contributed by atoms with Crippen LogP contribution in [0.2, 0.25) is 0 Å². The van der Waals surface area contributed by atoms with E-state index in [-0.39, 0.29) is 0 Å². The molecule has 0 aliphatic carbocycles. The topological polar surface area (TPSA) is 74.9 Å². The van der Waals surface area contributed by atoms with E-state index in [2.05, 4.69) is 41.4 Å². The van der Waals surface area contributed by atoms with Crippen LogP contribution in [0.4, 0.5) is 0 Å². The molecular formula is C41H41NO6. The van der Waals surface area contributed by atoms with E-state index < -0.39 is 0 Å². The SMILES string of the molecule is c1cc(-c2ccc(Oc3ccc(Oc4ccc(-c5ccc(OCCCCC6CO6)cc5)cc4)nc3)cc2)ccc1OCCCCC1CO1. The van der Waals surface area contributed by atoms with Gasteiger partial charge in [0.1, 0.15) is 28.7 Å². The summed E-state index contributed by atoms with van der Waals surface area (Å²) in [6, 6.07) is 36.1. The van der Waals surface area contributed by atoms with E-state index in [9.17, 15) is 0 Å². The molecule has 48 heavy (non-hydrogen) atoms. The molecule has 2 atom stereocenters. The predicted molar refractivity (Wildman–Crippen MR) is 186 cm³/mol. The Bertz CT molecular complexity index is 1570. The molecule has 246 valence electrons. The van der Waals surface area contributed by atoms with Gasteiger partial charge in [-0.25, -0.2) is 4.98 Å². The van der Waals surface area contributed by atoms with Crippen molar-refractivity contribution < 1.29 is 28.4 Å². The van der Waals surface area contributed by atoms with E-state index in [1.165, 1.54) is 0 Å². The van der Waals surface area contributed by atoms with Crippen molar-refractivity contribution >= 4 is 0 Å². The van der Waals surface area contributed by atoms with Crippen molar-refractivity contribution in [2.45, 2.75) is 50.7 Å². The fourth-order valence-electron chi connectivity index (χ4n) is 5.46. The van der Waals surface area contributed by atoms with Gasteiger partial charge in [-0.15, -0.1) is 0 Å². The largest absolute Gasteiger partial charge is 0.494 e. The van der Waals surface area contributed by atoms with Crippen LogP contribution in [0.1, 0.15) is 38.5 Å². The molecule has 0 bridgehead atoms. The smallest absolute Gasteiger partial charge is 0.219 e. The normalized spacial score (nSPS) is 16.2. The molecule has 0 amide bonds. The molecule has 7 rings (SSSR count). The molecule has 2 fully saturated rings. The average molecular weight is 644 g/mol. The minimum atomic E-state index is 0.497. The van der Waals surface area contributed by atoms with Crippen LogP contribution >= 0.6 is 0 Å². The minimum absolute atomic E-state index is 0.497. The quantitative estimate of drug-likeness (QED) is 0.0695. The van der Waals surface area contributed by atoms with Crippen LogP contribution in [0.3, 0.4) is 0 Å². The van der Waals surface area contributed by atoms with Gasteiger partial charge in [-0.1, -0.05) is 48.5 Å². The molecule has 2 aliphatic rings. The Morgan fingerprint density at radius 3 is 1.25 bits per heavy atom. The third kappa shape index (κ3) is 9.59. The highest BCUT2D eigenvalue weighted by atomic mass is 16.6. The standard InChI is InChI=1S/C41H41NO6/c1(5-39-28-45-39)3-25-43-34-15-7-30(8-16-34)32-11-19-36(20-12-32)47-38-23-24-41(42-27-38)48-37-21-13-33(14-22-37)31-9-17-35(18-10-31)44-26-4-2-6-40-29-46-40/h7-24,27,39-40H,1-6,25-26,28-29H2.